The third kappa shape index (κ3) is 4.72. The summed E-state index contributed by atoms with van der Waals surface area (Å²) in [5.74, 6) is 0.996. The largest absolute Gasteiger partial charge is 0.369 e. The molecule has 1 aromatic rings. The van der Waals surface area contributed by atoms with Crippen molar-refractivity contribution in [2.24, 2.45) is 0 Å². The highest BCUT2D eigenvalue weighted by Crippen LogP contribution is 2.30. The van der Waals surface area contributed by atoms with Crippen molar-refractivity contribution in [3.05, 3.63) is 16.1 Å². The smallest absolute Gasteiger partial charge is 0.239 e. The number of anilines is 2. The van der Waals surface area contributed by atoms with E-state index in [1.54, 1.807) is 18.0 Å². The summed E-state index contributed by atoms with van der Waals surface area (Å²) in [5.41, 5.74) is 0. The van der Waals surface area contributed by atoms with E-state index in [9.17, 15) is 4.79 Å². The molecule has 20 heavy (non-hydrogen) atoms. The molecule has 0 atom stereocenters. The number of hydrogen-bond donors (Lipinski definition) is 2. The Balaban J connectivity index is 2.89. The van der Waals surface area contributed by atoms with Crippen LogP contribution in [0.15, 0.2) is 6.07 Å². The zero-order valence-electron chi connectivity index (χ0n) is 12.1. The van der Waals surface area contributed by atoms with Crippen LogP contribution >= 0.6 is 23.2 Å². The summed E-state index contributed by atoms with van der Waals surface area (Å²) in [4.78, 5) is 17.8. The Labute approximate surface area is 129 Å². The molecule has 5 nitrogen and oxygen atoms in total. The van der Waals surface area contributed by atoms with Crippen molar-refractivity contribution in [1.29, 1.82) is 0 Å². The molecule has 112 valence electrons. The summed E-state index contributed by atoms with van der Waals surface area (Å²) >= 11 is 12.2. The molecule has 7 heteroatoms. The van der Waals surface area contributed by atoms with Crippen LogP contribution in [0.25, 0.3) is 0 Å². The van der Waals surface area contributed by atoms with Gasteiger partial charge in [0.05, 0.1) is 16.6 Å². The number of nitrogens with one attached hydrogen (secondary N) is 2. The maximum Gasteiger partial charge on any atom is 0.239 e. The third-order valence-corrected chi connectivity index (χ3v) is 3.01. The predicted molar refractivity (Wildman–Crippen MR) is 85.0 cm³/mol. The lowest BCUT2D eigenvalue weighted by Crippen LogP contribution is -2.39. The van der Waals surface area contributed by atoms with E-state index in [0.29, 0.717) is 28.2 Å². The van der Waals surface area contributed by atoms with Gasteiger partial charge < -0.3 is 15.5 Å². The highest BCUT2D eigenvalue weighted by molar-refractivity contribution is 6.37. The van der Waals surface area contributed by atoms with Crippen molar-refractivity contribution in [3.63, 3.8) is 0 Å². The molecule has 1 heterocycles. The second-order valence-corrected chi connectivity index (χ2v) is 5.55. The number of amides is 1. The average molecular weight is 319 g/mol. The fourth-order valence-electron chi connectivity index (χ4n) is 1.67. The first-order valence-electron chi connectivity index (χ1n) is 6.45. The Morgan fingerprint density at radius 3 is 2.60 bits per heavy atom. The number of nitrogens with zero attached hydrogens (tertiary/aromatic N) is 2. The van der Waals surface area contributed by atoms with Crippen molar-refractivity contribution in [2.75, 3.05) is 30.4 Å². The Kier molecular flexibility index (Phi) is 6.36. The normalized spacial score (nSPS) is 10.6. The molecule has 0 saturated heterocycles. The first kappa shape index (κ1) is 16.9. The lowest BCUT2D eigenvalue weighted by Gasteiger charge is -2.21. The molecule has 0 bridgehead atoms. The lowest BCUT2D eigenvalue weighted by atomic mass is 10.3. The zero-order chi connectivity index (χ0) is 15.3. The molecule has 0 radical (unpaired) electrons. The molecule has 0 saturated carbocycles. The predicted octanol–water partition coefficient (Wildman–Crippen LogP) is 2.78. The number of carbonyl (C=O) groups is 1. The lowest BCUT2D eigenvalue weighted by molar-refractivity contribution is -0.120. The molecule has 0 fully saturated rings. The molecule has 2 N–H and O–H groups in total. The summed E-state index contributed by atoms with van der Waals surface area (Å²) in [6, 6.07) is 1.72. The standard InChI is InChI=1S/C13H20Cl2N4O/c1-5-16-12-9(14)6-10(15)13(18-12)19(4)7-11(20)17-8(2)3/h6,8H,5,7H2,1-4H3,(H,16,18)(H,17,20). The number of carbonyl (C=O) groups excluding carboxylic acids is 1. The molecule has 1 aromatic heterocycles. The zero-order valence-corrected chi connectivity index (χ0v) is 13.6. The quantitative estimate of drug-likeness (QED) is 0.846. The van der Waals surface area contributed by atoms with Gasteiger partial charge in [0.25, 0.3) is 0 Å². The maximum atomic E-state index is 11.8. The van der Waals surface area contributed by atoms with E-state index in [1.807, 2.05) is 20.8 Å². The molecule has 0 spiro atoms. The van der Waals surface area contributed by atoms with Gasteiger partial charge in [0.2, 0.25) is 5.91 Å². The molecule has 0 unspecified atom stereocenters. The van der Waals surface area contributed by atoms with Crippen LogP contribution in [0.2, 0.25) is 10.0 Å². The molecule has 0 aliphatic carbocycles. The number of rotatable bonds is 6. The van der Waals surface area contributed by atoms with Crippen LogP contribution in [0.5, 0.6) is 0 Å². The highest BCUT2D eigenvalue weighted by atomic mass is 35.5. The Bertz CT molecular complexity index is 480. The third-order valence-electron chi connectivity index (χ3n) is 2.45. The van der Waals surface area contributed by atoms with E-state index in [1.165, 1.54) is 0 Å². The number of halogens is 2. The van der Waals surface area contributed by atoms with Gasteiger partial charge in [0, 0.05) is 19.6 Å². The van der Waals surface area contributed by atoms with Gasteiger partial charge in [0.1, 0.15) is 11.6 Å². The van der Waals surface area contributed by atoms with Gasteiger partial charge in [-0.2, -0.15) is 0 Å². The molecular formula is C13H20Cl2N4O. The van der Waals surface area contributed by atoms with E-state index < -0.39 is 0 Å². The van der Waals surface area contributed by atoms with Crippen molar-refractivity contribution in [1.82, 2.24) is 10.3 Å². The topological polar surface area (TPSA) is 57.3 Å². The van der Waals surface area contributed by atoms with Crippen LogP contribution in [0.3, 0.4) is 0 Å². The van der Waals surface area contributed by atoms with Crippen molar-refractivity contribution in [3.8, 4) is 0 Å². The Hall–Kier alpha value is -1.20. The summed E-state index contributed by atoms with van der Waals surface area (Å²) in [7, 11) is 1.76. The number of aromatic nitrogens is 1. The number of hydrogen-bond acceptors (Lipinski definition) is 4. The molecule has 1 rings (SSSR count). The van der Waals surface area contributed by atoms with Crippen LogP contribution < -0.4 is 15.5 Å². The minimum absolute atomic E-state index is 0.0830. The first-order chi connectivity index (χ1) is 9.35. The van der Waals surface area contributed by atoms with Gasteiger partial charge in [-0.3, -0.25) is 4.79 Å². The van der Waals surface area contributed by atoms with Gasteiger partial charge in [-0.15, -0.1) is 0 Å². The monoisotopic (exact) mass is 318 g/mol. The second kappa shape index (κ2) is 7.55. The summed E-state index contributed by atoms with van der Waals surface area (Å²) in [6.45, 7) is 6.65. The van der Waals surface area contributed by atoms with Gasteiger partial charge in [0.15, 0.2) is 0 Å². The van der Waals surface area contributed by atoms with Crippen molar-refractivity contribution in [2.45, 2.75) is 26.8 Å². The van der Waals surface area contributed by atoms with E-state index in [-0.39, 0.29) is 18.5 Å². The molecular weight excluding hydrogens is 299 g/mol. The van der Waals surface area contributed by atoms with E-state index >= 15 is 0 Å². The molecule has 0 aromatic carbocycles. The SMILES string of the molecule is CCNc1nc(N(C)CC(=O)NC(C)C)c(Cl)cc1Cl. The van der Waals surface area contributed by atoms with Gasteiger partial charge in [-0.1, -0.05) is 23.2 Å². The maximum absolute atomic E-state index is 11.8. The van der Waals surface area contributed by atoms with Gasteiger partial charge in [-0.05, 0) is 26.8 Å². The molecule has 0 aliphatic rings. The Morgan fingerprint density at radius 2 is 2.05 bits per heavy atom. The molecule has 0 aliphatic heterocycles. The van der Waals surface area contributed by atoms with Crippen LogP contribution in [0, 0.1) is 0 Å². The number of likely N-dealkylation sites (N-methyl/N-ethyl adjacent to an activating group) is 1. The average Bonchev–Trinajstić information content (AvgIpc) is 2.31. The minimum Gasteiger partial charge on any atom is -0.369 e. The van der Waals surface area contributed by atoms with Crippen molar-refractivity contribution >= 4 is 40.7 Å². The minimum atomic E-state index is -0.0830. The van der Waals surface area contributed by atoms with Crippen LogP contribution in [0.1, 0.15) is 20.8 Å². The van der Waals surface area contributed by atoms with Crippen LogP contribution in [-0.4, -0.2) is 37.1 Å². The van der Waals surface area contributed by atoms with Crippen LogP contribution in [-0.2, 0) is 4.79 Å². The summed E-state index contributed by atoms with van der Waals surface area (Å²) in [6.07, 6.45) is 0. The highest BCUT2D eigenvalue weighted by Gasteiger charge is 2.15. The van der Waals surface area contributed by atoms with E-state index in [0.717, 1.165) is 0 Å². The fraction of sp³-hybridized carbons (Fsp3) is 0.538. The Morgan fingerprint density at radius 1 is 1.40 bits per heavy atom. The molecule has 1 amide bonds. The summed E-state index contributed by atoms with van der Waals surface area (Å²) < 4.78 is 0. The van der Waals surface area contributed by atoms with Gasteiger partial charge >= 0.3 is 0 Å². The van der Waals surface area contributed by atoms with Crippen molar-refractivity contribution < 1.29 is 4.79 Å². The second-order valence-electron chi connectivity index (χ2n) is 4.73. The summed E-state index contributed by atoms with van der Waals surface area (Å²) in [5, 5.41) is 6.75. The fourth-order valence-corrected chi connectivity index (χ4v) is 2.24. The van der Waals surface area contributed by atoms with Gasteiger partial charge in [-0.25, -0.2) is 4.98 Å². The van der Waals surface area contributed by atoms with E-state index in [4.69, 9.17) is 23.2 Å². The number of pyridine rings is 1. The van der Waals surface area contributed by atoms with E-state index in [2.05, 4.69) is 15.6 Å². The van der Waals surface area contributed by atoms with Crippen LogP contribution in [0.4, 0.5) is 11.6 Å². The first-order valence-corrected chi connectivity index (χ1v) is 7.21.